The van der Waals surface area contributed by atoms with Gasteiger partial charge in [-0.05, 0) is 33.1 Å². The highest BCUT2D eigenvalue weighted by Crippen LogP contribution is 2.18. The fourth-order valence-electron chi connectivity index (χ4n) is 1.37. The number of nitrogens with one attached hydrogen (secondary N) is 1. The second-order valence-corrected chi connectivity index (χ2v) is 4.29. The molecule has 0 saturated carbocycles. The fourth-order valence-corrected chi connectivity index (χ4v) is 1.53. The first-order valence-electron chi connectivity index (χ1n) is 5.27. The standard InChI is InChI=1S/C11H18ClN3O/c1-15(2)5-3-4-13-10-6-11(12)14-7-9(10)8-16/h6-7,16H,3-5,8H2,1-2H3,(H,13,14). The van der Waals surface area contributed by atoms with Gasteiger partial charge in [-0.15, -0.1) is 0 Å². The van der Waals surface area contributed by atoms with Crippen LogP contribution in [0, 0.1) is 0 Å². The molecule has 5 heteroatoms. The first kappa shape index (κ1) is 13.2. The highest BCUT2D eigenvalue weighted by atomic mass is 35.5. The molecule has 0 atom stereocenters. The minimum absolute atomic E-state index is 0.0276. The third-order valence-corrected chi connectivity index (χ3v) is 2.43. The summed E-state index contributed by atoms with van der Waals surface area (Å²) in [7, 11) is 4.09. The van der Waals surface area contributed by atoms with Gasteiger partial charge in [0, 0.05) is 24.0 Å². The first-order valence-corrected chi connectivity index (χ1v) is 5.65. The van der Waals surface area contributed by atoms with E-state index in [9.17, 15) is 0 Å². The molecule has 0 aliphatic carbocycles. The van der Waals surface area contributed by atoms with E-state index < -0.39 is 0 Å². The van der Waals surface area contributed by atoms with Crippen molar-refractivity contribution in [3.8, 4) is 0 Å². The third kappa shape index (κ3) is 4.35. The summed E-state index contributed by atoms with van der Waals surface area (Å²) in [6, 6.07) is 1.74. The maximum atomic E-state index is 9.12. The van der Waals surface area contributed by atoms with Crippen LogP contribution in [0.25, 0.3) is 0 Å². The van der Waals surface area contributed by atoms with Crippen LogP contribution in [0.1, 0.15) is 12.0 Å². The van der Waals surface area contributed by atoms with Crippen molar-refractivity contribution < 1.29 is 5.11 Å². The maximum absolute atomic E-state index is 9.12. The van der Waals surface area contributed by atoms with E-state index in [-0.39, 0.29) is 6.61 Å². The van der Waals surface area contributed by atoms with Gasteiger partial charge in [0.1, 0.15) is 5.15 Å². The van der Waals surface area contributed by atoms with Crippen molar-refractivity contribution in [3.05, 3.63) is 23.0 Å². The number of aromatic nitrogens is 1. The normalized spacial score (nSPS) is 10.8. The minimum atomic E-state index is -0.0276. The van der Waals surface area contributed by atoms with Crippen molar-refractivity contribution in [1.29, 1.82) is 0 Å². The van der Waals surface area contributed by atoms with Gasteiger partial charge in [-0.3, -0.25) is 0 Å². The topological polar surface area (TPSA) is 48.4 Å². The third-order valence-electron chi connectivity index (χ3n) is 2.22. The molecule has 0 unspecified atom stereocenters. The lowest BCUT2D eigenvalue weighted by Crippen LogP contribution is -2.16. The van der Waals surface area contributed by atoms with Crippen LogP contribution in [0.5, 0.6) is 0 Å². The number of hydrogen-bond acceptors (Lipinski definition) is 4. The Morgan fingerprint density at radius 2 is 2.25 bits per heavy atom. The van der Waals surface area contributed by atoms with E-state index in [2.05, 4.69) is 15.2 Å². The summed E-state index contributed by atoms with van der Waals surface area (Å²) in [5, 5.41) is 12.8. The van der Waals surface area contributed by atoms with E-state index in [4.69, 9.17) is 16.7 Å². The van der Waals surface area contributed by atoms with Crippen LogP contribution in [-0.4, -0.2) is 42.2 Å². The molecule has 0 amide bonds. The Balaban J connectivity index is 2.48. The Morgan fingerprint density at radius 1 is 1.50 bits per heavy atom. The Kier molecular flexibility index (Phi) is 5.52. The van der Waals surface area contributed by atoms with Gasteiger partial charge in [0.05, 0.1) is 6.61 Å². The van der Waals surface area contributed by atoms with Crippen LogP contribution < -0.4 is 5.32 Å². The van der Waals surface area contributed by atoms with Gasteiger partial charge in [0.25, 0.3) is 0 Å². The Labute approximate surface area is 101 Å². The number of anilines is 1. The van der Waals surface area contributed by atoms with Crippen molar-refractivity contribution in [2.45, 2.75) is 13.0 Å². The van der Waals surface area contributed by atoms with Gasteiger partial charge in [-0.1, -0.05) is 11.6 Å². The highest BCUT2D eigenvalue weighted by molar-refractivity contribution is 6.29. The first-order chi connectivity index (χ1) is 7.63. The molecule has 0 aliphatic rings. The zero-order chi connectivity index (χ0) is 12.0. The number of hydrogen-bond donors (Lipinski definition) is 2. The van der Waals surface area contributed by atoms with Gasteiger partial charge < -0.3 is 15.3 Å². The number of aliphatic hydroxyl groups excluding tert-OH is 1. The summed E-state index contributed by atoms with van der Waals surface area (Å²) in [6.45, 7) is 1.85. The zero-order valence-electron chi connectivity index (χ0n) is 9.70. The van der Waals surface area contributed by atoms with Crippen molar-refractivity contribution in [2.75, 3.05) is 32.5 Å². The summed E-state index contributed by atoms with van der Waals surface area (Å²) in [5.41, 5.74) is 1.63. The van der Waals surface area contributed by atoms with Crippen molar-refractivity contribution >= 4 is 17.3 Å². The molecule has 0 radical (unpaired) electrons. The van der Waals surface area contributed by atoms with Crippen LogP contribution in [0.3, 0.4) is 0 Å². The average molecular weight is 244 g/mol. The van der Waals surface area contributed by atoms with Crippen molar-refractivity contribution in [1.82, 2.24) is 9.88 Å². The molecule has 0 spiro atoms. The summed E-state index contributed by atoms with van der Waals surface area (Å²) in [6.07, 6.45) is 2.63. The van der Waals surface area contributed by atoms with Gasteiger partial charge in [-0.2, -0.15) is 0 Å². The van der Waals surface area contributed by atoms with Crippen molar-refractivity contribution in [2.24, 2.45) is 0 Å². The molecule has 1 aromatic rings. The van der Waals surface area contributed by atoms with E-state index in [1.54, 1.807) is 12.3 Å². The number of pyridine rings is 1. The van der Waals surface area contributed by atoms with E-state index in [0.29, 0.717) is 5.15 Å². The SMILES string of the molecule is CN(C)CCCNc1cc(Cl)ncc1CO. The fraction of sp³-hybridized carbons (Fsp3) is 0.545. The number of rotatable bonds is 6. The number of nitrogens with zero attached hydrogens (tertiary/aromatic N) is 2. The molecule has 1 rings (SSSR count). The molecule has 0 fully saturated rings. The molecule has 0 aromatic carbocycles. The van der Waals surface area contributed by atoms with E-state index in [0.717, 1.165) is 30.8 Å². The lowest BCUT2D eigenvalue weighted by atomic mass is 10.2. The smallest absolute Gasteiger partial charge is 0.131 e. The minimum Gasteiger partial charge on any atom is -0.392 e. The van der Waals surface area contributed by atoms with Crippen LogP contribution in [-0.2, 0) is 6.61 Å². The van der Waals surface area contributed by atoms with Crippen LogP contribution in [0.4, 0.5) is 5.69 Å². The van der Waals surface area contributed by atoms with E-state index in [1.165, 1.54) is 0 Å². The summed E-state index contributed by atoms with van der Waals surface area (Å²) >= 11 is 5.80. The monoisotopic (exact) mass is 243 g/mol. The van der Waals surface area contributed by atoms with Crippen LogP contribution in [0.15, 0.2) is 12.3 Å². The lowest BCUT2D eigenvalue weighted by molar-refractivity contribution is 0.282. The lowest BCUT2D eigenvalue weighted by Gasteiger charge is -2.12. The number of halogens is 1. The van der Waals surface area contributed by atoms with E-state index >= 15 is 0 Å². The largest absolute Gasteiger partial charge is 0.392 e. The van der Waals surface area contributed by atoms with Gasteiger partial charge in [-0.25, -0.2) is 4.98 Å². The summed E-state index contributed by atoms with van der Waals surface area (Å²) in [5.74, 6) is 0. The Bertz CT molecular complexity index is 331. The molecule has 0 bridgehead atoms. The predicted molar refractivity (Wildman–Crippen MR) is 66.8 cm³/mol. The Morgan fingerprint density at radius 3 is 2.88 bits per heavy atom. The van der Waals surface area contributed by atoms with E-state index in [1.807, 2.05) is 14.1 Å². The van der Waals surface area contributed by atoms with Gasteiger partial charge in [0.2, 0.25) is 0 Å². The summed E-state index contributed by atoms with van der Waals surface area (Å²) < 4.78 is 0. The molecule has 2 N–H and O–H groups in total. The molecule has 4 nitrogen and oxygen atoms in total. The second kappa shape index (κ2) is 6.68. The summed E-state index contributed by atoms with van der Waals surface area (Å²) in [4.78, 5) is 6.06. The molecular formula is C11H18ClN3O. The van der Waals surface area contributed by atoms with Gasteiger partial charge >= 0.3 is 0 Å². The van der Waals surface area contributed by atoms with Gasteiger partial charge in [0.15, 0.2) is 0 Å². The predicted octanol–water partition coefficient (Wildman–Crippen LogP) is 1.59. The molecule has 16 heavy (non-hydrogen) atoms. The quantitative estimate of drug-likeness (QED) is 0.589. The van der Waals surface area contributed by atoms with Crippen LogP contribution in [0.2, 0.25) is 5.15 Å². The molecule has 0 saturated heterocycles. The molecule has 1 heterocycles. The Hall–Kier alpha value is -0.840. The number of aliphatic hydroxyl groups is 1. The molecule has 90 valence electrons. The average Bonchev–Trinajstić information content (AvgIpc) is 2.24. The highest BCUT2D eigenvalue weighted by Gasteiger charge is 2.02. The zero-order valence-corrected chi connectivity index (χ0v) is 10.5. The second-order valence-electron chi connectivity index (χ2n) is 3.91. The molecule has 1 aromatic heterocycles. The van der Waals surface area contributed by atoms with Crippen LogP contribution >= 0.6 is 11.6 Å². The molecule has 0 aliphatic heterocycles. The maximum Gasteiger partial charge on any atom is 0.131 e. The molecular weight excluding hydrogens is 226 g/mol. The van der Waals surface area contributed by atoms with Crippen molar-refractivity contribution in [3.63, 3.8) is 0 Å².